The van der Waals surface area contributed by atoms with E-state index in [1.54, 1.807) is 0 Å². The lowest BCUT2D eigenvalue weighted by atomic mass is 9.78. The van der Waals surface area contributed by atoms with Crippen molar-refractivity contribution in [2.45, 2.75) is 24.7 Å². The number of ether oxygens (including phenoxy) is 1. The fourth-order valence-electron chi connectivity index (χ4n) is 5.54. The van der Waals surface area contributed by atoms with Gasteiger partial charge in [-0.3, -0.25) is 9.59 Å². The van der Waals surface area contributed by atoms with Crippen LogP contribution in [0.1, 0.15) is 35.8 Å². The van der Waals surface area contributed by atoms with E-state index in [1.807, 2.05) is 66.8 Å². The Hall–Kier alpha value is -2.94. The Morgan fingerprint density at radius 2 is 1.52 bits per heavy atom. The molecule has 3 heteroatoms. The van der Waals surface area contributed by atoms with Gasteiger partial charge in [-0.05, 0) is 41.5 Å². The van der Waals surface area contributed by atoms with Gasteiger partial charge in [-0.25, -0.2) is 0 Å². The molecule has 5 rings (SSSR count). The summed E-state index contributed by atoms with van der Waals surface area (Å²) < 4.78 is 5.79. The maximum Gasteiger partial charge on any atom is 0.152 e. The first-order valence-electron chi connectivity index (χ1n) is 10.4. The molecule has 2 fully saturated rings. The molecule has 2 aromatic rings. The lowest BCUT2D eigenvalue weighted by Gasteiger charge is -2.26. The molecule has 2 aliphatic carbocycles. The molecule has 0 radical (unpaired) electrons. The summed E-state index contributed by atoms with van der Waals surface area (Å²) in [4.78, 5) is 26.9. The van der Waals surface area contributed by atoms with Gasteiger partial charge >= 0.3 is 0 Å². The second-order valence-electron chi connectivity index (χ2n) is 8.29. The van der Waals surface area contributed by atoms with Gasteiger partial charge in [0.05, 0.1) is 5.76 Å². The third kappa shape index (κ3) is 3.15. The number of hydrogen-bond donors (Lipinski definition) is 0. The topological polar surface area (TPSA) is 43.4 Å². The molecular formula is C26H24O3. The van der Waals surface area contributed by atoms with E-state index in [2.05, 4.69) is 12.1 Å². The molecule has 0 spiro atoms. The number of benzene rings is 2. The number of Topliss-reactive ketones (excluding diaryl/α,β-unsaturated/α-hetero) is 2. The molecular weight excluding hydrogens is 360 g/mol. The van der Waals surface area contributed by atoms with Gasteiger partial charge in [0.1, 0.15) is 12.5 Å². The van der Waals surface area contributed by atoms with Gasteiger partial charge in [0.15, 0.2) is 11.6 Å². The van der Waals surface area contributed by atoms with Crippen LogP contribution in [0.5, 0.6) is 0 Å². The Labute approximate surface area is 171 Å². The minimum atomic E-state index is -0.605. The van der Waals surface area contributed by atoms with E-state index in [-0.39, 0.29) is 35.2 Å². The summed E-state index contributed by atoms with van der Waals surface area (Å²) in [7, 11) is 0. The highest BCUT2D eigenvalue weighted by molar-refractivity contribution is 6.16. The Morgan fingerprint density at radius 3 is 2.17 bits per heavy atom. The molecule has 1 aliphatic heterocycles. The number of rotatable bonds is 4. The number of carbonyl (C=O) groups is 2. The zero-order valence-electron chi connectivity index (χ0n) is 16.2. The molecule has 5 unspecified atom stereocenters. The van der Waals surface area contributed by atoms with E-state index in [1.165, 1.54) is 0 Å². The summed E-state index contributed by atoms with van der Waals surface area (Å²) in [6.07, 6.45) is 7.54. The summed E-state index contributed by atoms with van der Waals surface area (Å²) in [5, 5.41) is 0. The predicted octanol–water partition coefficient (Wildman–Crippen LogP) is 4.82. The zero-order valence-corrected chi connectivity index (χ0v) is 16.2. The number of carbonyl (C=O) groups excluding carboxylic acids is 2. The van der Waals surface area contributed by atoms with Crippen molar-refractivity contribution in [2.24, 2.45) is 17.8 Å². The number of allylic oxidation sites excluding steroid dienone is 3. The van der Waals surface area contributed by atoms with Crippen LogP contribution < -0.4 is 0 Å². The van der Waals surface area contributed by atoms with Gasteiger partial charge in [-0.1, -0.05) is 66.7 Å². The average Bonchev–Trinajstić information content (AvgIpc) is 3.25. The van der Waals surface area contributed by atoms with Crippen LogP contribution in [0.3, 0.4) is 0 Å². The summed E-state index contributed by atoms with van der Waals surface area (Å²) in [5.74, 6) is 0.414. The highest BCUT2D eigenvalue weighted by atomic mass is 16.5. The molecule has 2 saturated carbocycles. The first-order valence-corrected chi connectivity index (χ1v) is 10.4. The number of hydrogen-bond acceptors (Lipinski definition) is 3. The van der Waals surface area contributed by atoms with E-state index in [0.717, 1.165) is 29.7 Å². The smallest absolute Gasteiger partial charge is 0.152 e. The van der Waals surface area contributed by atoms with Gasteiger partial charge in [0.2, 0.25) is 0 Å². The molecule has 0 amide bonds. The van der Waals surface area contributed by atoms with Gasteiger partial charge in [0.25, 0.3) is 0 Å². The van der Waals surface area contributed by atoms with Crippen molar-refractivity contribution in [3.05, 3.63) is 95.8 Å². The van der Waals surface area contributed by atoms with E-state index < -0.39 is 5.92 Å². The van der Waals surface area contributed by atoms with Crippen molar-refractivity contribution < 1.29 is 14.3 Å². The van der Waals surface area contributed by atoms with Crippen LogP contribution in [-0.4, -0.2) is 18.2 Å². The van der Waals surface area contributed by atoms with Crippen LogP contribution >= 0.6 is 0 Å². The minimum Gasteiger partial charge on any atom is -0.494 e. The molecule has 146 valence electrons. The van der Waals surface area contributed by atoms with Crippen LogP contribution in [0.4, 0.5) is 0 Å². The van der Waals surface area contributed by atoms with Crippen molar-refractivity contribution in [3.8, 4) is 0 Å². The standard InChI is InChI=1S/C26H24O3/c27-25-21-16-19(15-20-13-7-8-14-29-20)22(17-9-3-1-4-10-17)24(21)26(28)23(25)18-11-5-2-6-12-18/h1-13,19,21-24H,14-16H2. The predicted molar refractivity (Wildman–Crippen MR) is 111 cm³/mol. The van der Waals surface area contributed by atoms with Crippen molar-refractivity contribution >= 4 is 11.6 Å². The highest BCUT2D eigenvalue weighted by Crippen LogP contribution is 2.56. The third-order valence-corrected chi connectivity index (χ3v) is 6.71. The van der Waals surface area contributed by atoms with Crippen molar-refractivity contribution in [1.29, 1.82) is 0 Å². The fourth-order valence-corrected chi connectivity index (χ4v) is 5.54. The Balaban J connectivity index is 1.50. The van der Waals surface area contributed by atoms with Crippen molar-refractivity contribution in [3.63, 3.8) is 0 Å². The number of ketones is 2. The van der Waals surface area contributed by atoms with Gasteiger partial charge in [0, 0.05) is 18.3 Å². The maximum atomic E-state index is 13.5. The fraction of sp³-hybridized carbons (Fsp3) is 0.308. The second kappa shape index (κ2) is 7.47. The molecule has 1 heterocycles. The van der Waals surface area contributed by atoms with Crippen LogP contribution in [0.15, 0.2) is 84.7 Å². The Bertz CT molecular complexity index is 974. The van der Waals surface area contributed by atoms with E-state index in [4.69, 9.17) is 4.74 Å². The Morgan fingerprint density at radius 1 is 0.828 bits per heavy atom. The lowest BCUT2D eigenvalue weighted by molar-refractivity contribution is -0.125. The summed E-state index contributed by atoms with van der Waals surface area (Å²) in [5.41, 5.74) is 2.00. The minimum absolute atomic E-state index is 0.0572. The van der Waals surface area contributed by atoms with Crippen LogP contribution in [0.2, 0.25) is 0 Å². The van der Waals surface area contributed by atoms with Gasteiger partial charge in [-0.2, -0.15) is 0 Å². The first kappa shape index (κ1) is 18.1. The summed E-state index contributed by atoms with van der Waals surface area (Å²) >= 11 is 0. The van der Waals surface area contributed by atoms with E-state index in [0.29, 0.717) is 6.61 Å². The lowest BCUT2D eigenvalue weighted by Crippen LogP contribution is -2.23. The maximum absolute atomic E-state index is 13.5. The second-order valence-corrected chi connectivity index (χ2v) is 8.29. The largest absolute Gasteiger partial charge is 0.494 e. The van der Waals surface area contributed by atoms with Crippen molar-refractivity contribution in [1.82, 2.24) is 0 Å². The molecule has 0 aromatic heterocycles. The Kier molecular flexibility index (Phi) is 4.67. The SMILES string of the molecule is O=C1C(c2ccccc2)C(=O)C2C1CC(CC1=CC=CCO1)C2c1ccccc1. The third-order valence-electron chi connectivity index (χ3n) is 6.71. The van der Waals surface area contributed by atoms with Crippen LogP contribution in [0, 0.1) is 17.8 Å². The number of fused-ring (bicyclic) bond motifs is 1. The van der Waals surface area contributed by atoms with E-state index in [9.17, 15) is 9.59 Å². The monoisotopic (exact) mass is 384 g/mol. The summed E-state index contributed by atoms with van der Waals surface area (Å²) in [6.45, 7) is 0.593. The van der Waals surface area contributed by atoms with Gasteiger partial charge < -0.3 is 4.74 Å². The van der Waals surface area contributed by atoms with Crippen LogP contribution in [-0.2, 0) is 14.3 Å². The quantitative estimate of drug-likeness (QED) is 0.710. The molecule has 3 aliphatic rings. The molecule has 0 N–H and O–H groups in total. The normalized spacial score (nSPS) is 30.8. The molecule has 0 saturated heterocycles. The van der Waals surface area contributed by atoms with E-state index >= 15 is 0 Å². The molecule has 2 aromatic carbocycles. The van der Waals surface area contributed by atoms with Gasteiger partial charge in [-0.15, -0.1) is 0 Å². The molecule has 29 heavy (non-hydrogen) atoms. The molecule has 0 bridgehead atoms. The highest BCUT2D eigenvalue weighted by Gasteiger charge is 2.58. The average molecular weight is 384 g/mol. The zero-order chi connectivity index (χ0) is 19.8. The summed E-state index contributed by atoms with van der Waals surface area (Å²) in [6, 6.07) is 19.8. The molecule has 3 nitrogen and oxygen atoms in total. The first-order chi connectivity index (χ1) is 14.2. The molecule has 5 atom stereocenters. The van der Waals surface area contributed by atoms with Crippen LogP contribution in [0.25, 0.3) is 0 Å². The van der Waals surface area contributed by atoms with Crippen molar-refractivity contribution in [2.75, 3.05) is 6.61 Å².